The quantitative estimate of drug-likeness (QED) is 0.877. The second-order valence-electron chi connectivity index (χ2n) is 3.40. The Kier molecular flexibility index (Phi) is 3.37. The first kappa shape index (κ1) is 11.3. The molecule has 0 aliphatic carbocycles. The Balaban J connectivity index is 2.07. The van der Waals surface area contributed by atoms with Gasteiger partial charge in [0.2, 0.25) is 11.8 Å². The van der Waals surface area contributed by atoms with Crippen LogP contribution in [0.25, 0.3) is 0 Å². The van der Waals surface area contributed by atoms with E-state index < -0.39 is 0 Å². The first-order chi connectivity index (χ1) is 7.65. The lowest BCUT2D eigenvalue weighted by Crippen LogP contribution is -2.09. The molecule has 1 atom stereocenters. The second-order valence-corrected chi connectivity index (χ2v) is 4.65. The topological polar surface area (TPSA) is 63.8 Å². The molecule has 0 saturated carbocycles. The van der Waals surface area contributed by atoms with Crippen molar-refractivity contribution in [2.75, 3.05) is 5.32 Å². The maximum atomic E-state index is 5.41. The SMILES string of the molecule is Cc1cnc(C(C)Nc2ncc(I)cn2)o1. The molecule has 2 rings (SSSR count). The van der Waals surface area contributed by atoms with Crippen LogP contribution in [0.1, 0.15) is 24.6 Å². The first-order valence-electron chi connectivity index (χ1n) is 4.81. The summed E-state index contributed by atoms with van der Waals surface area (Å²) in [6.45, 7) is 3.82. The van der Waals surface area contributed by atoms with Gasteiger partial charge in [-0.1, -0.05) is 0 Å². The molecule has 0 spiro atoms. The number of nitrogens with one attached hydrogen (secondary N) is 1. The van der Waals surface area contributed by atoms with Crippen molar-refractivity contribution >= 4 is 28.5 Å². The molecule has 0 amide bonds. The van der Waals surface area contributed by atoms with Crippen LogP contribution in [0.2, 0.25) is 0 Å². The van der Waals surface area contributed by atoms with E-state index in [4.69, 9.17) is 4.42 Å². The van der Waals surface area contributed by atoms with Gasteiger partial charge >= 0.3 is 0 Å². The van der Waals surface area contributed by atoms with Crippen molar-refractivity contribution in [2.24, 2.45) is 0 Å². The maximum absolute atomic E-state index is 5.41. The van der Waals surface area contributed by atoms with Crippen molar-refractivity contribution in [3.05, 3.63) is 33.8 Å². The summed E-state index contributed by atoms with van der Waals surface area (Å²) in [5.41, 5.74) is 0. The molecule has 84 valence electrons. The van der Waals surface area contributed by atoms with E-state index in [1.54, 1.807) is 18.6 Å². The number of hydrogen-bond donors (Lipinski definition) is 1. The zero-order chi connectivity index (χ0) is 11.5. The molecule has 2 aromatic heterocycles. The molecule has 16 heavy (non-hydrogen) atoms. The highest BCUT2D eigenvalue weighted by Crippen LogP contribution is 2.16. The van der Waals surface area contributed by atoms with Crippen LogP contribution >= 0.6 is 22.6 Å². The minimum Gasteiger partial charge on any atom is -0.444 e. The van der Waals surface area contributed by atoms with Gasteiger partial charge in [0, 0.05) is 16.0 Å². The smallest absolute Gasteiger partial charge is 0.223 e. The lowest BCUT2D eigenvalue weighted by Gasteiger charge is -2.09. The highest BCUT2D eigenvalue weighted by atomic mass is 127. The van der Waals surface area contributed by atoms with Crippen LogP contribution < -0.4 is 5.32 Å². The summed E-state index contributed by atoms with van der Waals surface area (Å²) in [6.07, 6.45) is 5.20. The number of oxazole rings is 1. The highest BCUT2D eigenvalue weighted by molar-refractivity contribution is 14.1. The van der Waals surface area contributed by atoms with Crippen LogP contribution in [0.4, 0.5) is 5.95 Å². The molecule has 2 aromatic rings. The number of halogens is 1. The van der Waals surface area contributed by atoms with Gasteiger partial charge in [-0.2, -0.15) is 0 Å². The fourth-order valence-electron chi connectivity index (χ4n) is 1.21. The predicted molar refractivity (Wildman–Crippen MR) is 68.0 cm³/mol. The van der Waals surface area contributed by atoms with Crippen LogP contribution in [0, 0.1) is 10.5 Å². The van der Waals surface area contributed by atoms with E-state index in [1.165, 1.54) is 0 Å². The summed E-state index contributed by atoms with van der Waals surface area (Å²) in [4.78, 5) is 12.4. The number of rotatable bonds is 3. The number of nitrogens with zero attached hydrogens (tertiary/aromatic N) is 3. The molecule has 1 N–H and O–H groups in total. The monoisotopic (exact) mass is 330 g/mol. The molecule has 0 bridgehead atoms. The van der Waals surface area contributed by atoms with Crippen molar-refractivity contribution in [3.63, 3.8) is 0 Å². The van der Waals surface area contributed by atoms with Gasteiger partial charge < -0.3 is 9.73 Å². The van der Waals surface area contributed by atoms with E-state index >= 15 is 0 Å². The molecule has 0 aliphatic heterocycles. The summed E-state index contributed by atoms with van der Waals surface area (Å²) < 4.78 is 6.41. The van der Waals surface area contributed by atoms with Crippen molar-refractivity contribution in [2.45, 2.75) is 19.9 Å². The Morgan fingerprint density at radius 2 is 1.94 bits per heavy atom. The Hall–Kier alpha value is -1.18. The minimum atomic E-state index is -0.0474. The summed E-state index contributed by atoms with van der Waals surface area (Å²) >= 11 is 2.16. The fraction of sp³-hybridized carbons (Fsp3) is 0.300. The van der Waals surface area contributed by atoms with Crippen LogP contribution in [0.5, 0.6) is 0 Å². The van der Waals surface area contributed by atoms with E-state index in [2.05, 4.69) is 42.9 Å². The molecule has 0 radical (unpaired) electrons. The fourth-order valence-corrected chi connectivity index (χ4v) is 1.49. The molecule has 0 saturated heterocycles. The number of hydrogen-bond acceptors (Lipinski definition) is 5. The Morgan fingerprint density at radius 1 is 1.25 bits per heavy atom. The third-order valence-electron chi connectivity index (χ3n) is 1.98. The standard InChI is InChI=1S/C10H11IN4O/c1-6-3-12-9(16-6)7(2)15-10-13-4-8(11)5-14-10/h3-5,7H,1-2H3,(H,13,14,15). The minimum absolute atomic E-state index is 0.0474. The van der Waals surface area contributed by atoms with Gasteiger partial charge in [0.15, 0.2) is 0 Å². The van der Waals surface area contributed by atoms with Crippen molar-refractivity contribution < 1.29 is 4.42 Å². The largest absolute Gasteiger partial charge is 0.444 e. The van der Waals surface area contributed by atoms with E-state index in [9.17, 15) is 0 Å². The Bertz CT molecular complexity index is 468. The zero-order valence-electron chi connectivity index (χ0n) is 8.94. The molecule has 0 fully saturated rings. The molecule has 0 aromatic carbocycles. The maximum Gasteiger partial charge on any atom is 0.223 e. The number of anilines is 1. The lowest BCUT2D eigenvalue weighted by molar-refractivity contribution is 0.453. The summed E-state index contributed by atoms with van der Waals surface area (Å²) in [5, 5.41) is 3.12. The molecule has 0 aliphatic rings. The molecule has 1 unspecified atom stereocenters. The van der Waals surface area contributed by atoms with Crippen LogP contribution in [-0.4, -0.2) is 15.0 Å². The normalized spacial score (nSPS) is 12.4. The van der Waals surface area contributed by atoms with E-state index in [0.29, 0.717) is 11.8 Å². The zero-order valence-corrected chi connectivity index (χ0v) is 11.1. The highest BCUT2D eigenvalue weighted by Gasteiger charge is 2.11. The number of aryl methyl sites for hydroxylation is 1. The van der Waals surface area contributed by atoms with E-state index in [1.807, 2.05) is 13.8 Å². The van der Waals surface area contributed by atoms with Crippen molar-refractivity contribution in [1.82, 2.24) is 15.0 Å². The van der Waals surface area contributed by atoms with Crippen LogP contribution in [-0.2, 0) is 0 Å². The first-order valence-corrected chi connectivity index (χ1v) is 5.89. The summed E-state index contributed by atoms with van der Waals surface area (Å²) in [7, 11) is 0. The van der Waals surface area contributed by atoms with E-state index in [0.717, 1.165) is 9.33 Å². The Morgan fingerprint density at radius 3 is 2.50 bits per heavy atom. The molecule has 5 nitrogen and oxygen atoms in total. The average molecular weight is 330 g/mol. The lowest BCUT2D eigenvalue weighted by atomic mass is 10.3. The van der Waals surface area contributed by atoms with Gasteiger partial charge in [-0.05, 0) is 36.4 Å². The molecule has 6 heteroatoms. The van der Waals surface area contributed by atoms with Gasteiger partial charge in [0.05, 0.1) is 6.20 Å². The van der Waals surface area contributed by atoms with Gasteiger partial charge in [-0.15, -0.1) is 0 Å². The van der Waals surface area contributed by atoms with Gasteiger partial charge in [-0.25, -0.2) is 15.0 Å². The third-order valence-corrected chi connectivity index (χ3v) is 2.53. The van der Waals surface area contributed by atoms with Crippen molar-refractivity contribution in [1.29, 1.82) is 0 Å². The summed E-state index contributed by atoms with van der Waals surface area (Å²) in [5.74, 6) is 2.01. The average Bonchev–Trinajstić information content (AvgIpc) is 2.68. The van der Waals surface area contributed by atoms with Crippen molar-refractivity contribution in [3.8, 4) is 0 Å². The van der Waals surface area contributed by atoms with Crippen LogP contribution in [0.15, 0.2) is 23.0 Å². The second kappa shape index (κ2) is 4.77. The summed E-state index contributed by atoms with van der Waals surface area (Å²) in [6, 6.07) is -0.0474. The van der Waals surface area contributed by atoms with Gasteiger partial charge in [0.25, 0.3) is 0 Å². The van der Waals surface area contributed by atoms with Crippen LogP contribution in [0.3, 0.4) is 0 Å². The molecule has 2 heterocycles. The molecular weight excluding hydrogens is 319 g/mol. The van der Waals surface area contributed by atoms with Gasteiger partial charge in [-0.3, -0.25) is 0 Å². The Labute approximate surface area is 107 Å². The predicted octanol–water partition coefficient (Wildman–Crippen LogP) is 2.55. The number of aromatic nitrogens is 3. The van der Waals surface area contributed by atoms with Gasteiger partial charge in [0.1, 0.15) is 11.8 Å². The molecular formula is C10H11IN4O. The third kappa shape index (κ3) is 2.69. The van der Waals surface area contributed by atoms with E-state index in [-0.39, 0.29) is 6.04 Å².